The molecule has 230 valence electrons. The van der Waals surface area contributed by atoms with Crippen LogP contribution in [0.2, 0.25) is 0 Å². The van der Waals surface area contributed by atoms with Gasteiger partial charge in [0.2, 0.25) is 11.8 Å². The van der Waals surface area contributed by atoms with E-state index in [1.54, 1.807) is 13.0 Å². The number of halogens is 7. The average Bonchev–Trinajstić information content (AvgIpc) is 3.17. The molecule has 0 radical (unpaired) electrons. The molecule has 2 heterocycles. The monoisotopic (exact) mass is 609 g/mol. The molecule has 5 nitrogen and oxygen atoms in total. The van der Waals surface area contributed by atoms with Crippen LogP contribution in [0, 0.1) is 12.7 Å². The van der Waals surface area contributed by atoms with Gasteiger partial charge in [-0.25, -0.2) is 4.39 Å². The molecular weight excluding hydrogens is 579 g/mol. The Balaban J connectivity index is 1.85. The van der Waals surface area contributed by atoms with Crippen molar-refractivity contribution >= 4 is 17.5 Å². The normalized spacial score (nSPS) is 17.1. The summed E-state index contributed by atoms with van der Waals surface area (Å²) in [6, 6.07) is 6.78. The van der Waals surface area contributed by atoms with Gasteiger partial charge in [0.1, 0.15) is 5.82 Å². The van der Waals surface area contributed by atoms with E-state index in [0.717, 1.165) is 4.90 Å². The van der Waals surface area contributed by atoms with Crippen molar-refractivity contribution in [2.24, 2.45) is 0 Å². The molecule has 12 heteroatoms. The van der Waals surface area contributed by atoms with E-state index in [4.69, 9.17) is 0 Å². The van der Waals surface area contributed by atoms with E-state index < -0.39 is 51.7 Å². The summed E-state index contributed by atoms with van der Waals surface area (Å²) >= 11 is 0. The topological polar surface area (TPSA) is 62.3 Å². The van der Waals surface area contributed by atoms with E-state index in [0.29, 0.717) is 34.5 Å². The third kappa shape index (κ3) is 6.23. The average molecular weight is 610 g/mol. The number of carbonyl (C=O) groups excluding carboxylic acids is 2. The number of anilines is 1. The van der Waals surface area contributed by atoms with E-state index in [1.807, 2.05) is 13.8 Å². The second-order valence-electron chi connectivity index (χ2n) is 11.9. The fourth-order valence-electron chi connectivity index (χ4n) is 5.45. The molecule has 3 aromatic rings. The van der Waals surface area contributed by atoms with Crippen LogP contribution in [0.1, 0.15) is 68.0 Å². The fraction of sp³-hybridized carbons (Fsp3) is 0.387. The summed E-state index contributed by atoms with van der Waals surface area (Å²) in [5.41, 5.74) is -3.89. The summed E-state index contributed by atoms with van der Waals surface area (Å²) in [7, 11) is 1.34. The highest BCUT2D eigenvalue weighted by Crippen LogP contribution is 2.42. The lowest BCUT2D eigenvalue weighted by Crippen LogP contribution is -2.42. The summed E-state index contributed by atoms with van der Waals surface area (Å²) in [4.78, 5) is 31.7. The standard InChI is InChI=1S/C31H30F7N3O2/c1-16-9-20(32)7-8-21(16)22-13-24(23-14-26(42)40-29(23,4)5)39-15-25(22)41(6)27(43)28(2,3)17-10-18(30(33,34)35)12-19(11-17)31(36,37)38/h7-13,15,23H,14H2,1-6H3,(H,40,42). The number of nitrogens with one attached hydrogen (secondary N) is 1. The zero-order valence-electron chi connectivity index (χ0n) is 24.3. The highest BCUT2D eigenvalue weighted by molar-refractivity contribution is 6.03. The highest BCUT2D eigenvalue weighted by atomic mass is 19.4. The maximum absolute atomic E-state index is 14.0. The maximum Gasteiger partial charge on any atom is 0.416 e. The Morgan fingerprint density at radius 2 is 1.49 bits per heavy atom. The van der Waals surface area contributed by atoms with Gasteiger partial charge in [0.05, 0.1) is 28.4 Å². The molecule has 1 N–H and O–H groups in total. The molecule has 1 atom stereocenters. The summed E-state index contributed by atoms with van der Waals surface area (Å²) in [5.74, 6) is -1.83. The molecule has 0 bridgehead atoms. The Kier molecular flexibility index (Phi) is 7.91. The van der Waals surface area contributed by atoms with Crippen molar-refractivity contribution in [1.29, 1.82) is 0 Å². The van der Waals surface area contributed by atoms with E-state index in [-0.39, 0.29) is 30.0 Å². The summed E-state index contributed by atoms with van der Waals surface area (Å²) in [6.07, 6.45) is -8.65. The molecule has 2 aromatic carbocycles. The van der Waals surface area contributed by atoms with Crippen LogP contribution in [-0.4, -0.2) is 29.4 Å². The van der Waals surface area contributed by atoms with Gasteiger partial charge in [-0.1, -0.05) is 6.07 Å². The second kappa shape index (κ2) is 10.6. The number of hydrogen-bond acceptors (Lipinski definition) is 3. The minimum absolute atomic E-state index is 0.00987. The predicted octanol–water partition coefficient (Wildman–Crippen LogP) is 7.56. The van der Waals surface area contributed by atoms with Crippen LogP contribution < -0.4 is 10.2 Å². The molecule has 0 spiro atoms. The number of rotatable bonds is 5. The van der Waals surface area contributed by atoms with Crippen molar-refractivity contribution in [2.45, 2.75) is 70.3 Å². The molecule has 1 aliphatic rings. The quantitative estimate of drug-likeness (QED) is 0.304. The van der Waals surface area contributed by atoms with Crippen LogP contribution in [0.3, 0.4) is 0 Å². The van der Waals surface area contributed by atoms with Crippen LogP contribution in [0.4, 0.5) is 36.4 Å². The number of aryl methyl sites for hydroxylation is 1. The first-order valence-corrected chi connectivity index (χ1v) is 13.3. The van der Waals surface area contributed by atoms with Crippen LogP contribution >= 0.6 is 0 Å². The lowest BCUT2D eigenvalue weighted by molar-refractivity contribution is -0.143. The summed E-state index contributed by atoms with van der Waals surface area (Å²) in [6.45, 7) is 7.81. The first-order chi connectivity index (χ1) is 19.6. The predicted molar refractivity (Wildman–Crippen MR) is 147 cm³/mol. The van der Waals surface area contributed by atoms with Crippen LogP contribution in [-0.2, 0) is 27.4 Å². The third-order valence-corrected chi connectivity index (χ3v) is 7.97. The molecule has 1 aromatic heterocycles. The SMILES string of the molecule is Cc1cc(F)ccc1-c1cc(C2CC(=O)NC2(C)C)ncc1N(C)C(=O)C(C)(C)c1cc(C(F)(F)F)cc(C(F)(F)F)c1. The number of nitrogens with zero attached hydrogens (tertiary/aromatic N) is 2. The van der Waals surface area contributed by atoms with E-state index in [9.17, 15) is 40.3 Å². The number of hydrogen-bond donors (Lipinski definition) is 1. The van der Waals surface area contributed by atoms with Crippen LogP contribution in [0.15, 0.2) is 48.7 Å². The molecule has 1 saturated heterocycles. The van der Waals surface area contributed by atoms with Gasteiger partial charge in [-0.2, -0.15) is 26.3 Å². The Hall–Kier alpha value is -3.96. The van der Waals surface area contributed by atoms with Gasteiger partial charge in [0.25, 0.3) is 0 Å². The molecule has 0 saturated carbocycles. The van der Waals surface area contributed by atoms with E-state index in [1.165, 1.54) is 45.3 Å². The number of pyridine rings is 1. The van der Waals surface area contributed by atoms with Gasteiger partial charge < -0.3 is 10.2 Å². The molecule has 4 rings (SSSR count). The van der Waals surface area contributed by atoms with Gasteiger partial charge in [0, 0.05) is 36.2 Å². The molecular formula is C31H30F7N3O2. The molecule has 1 fully saturated rings. The Morgan fingerprint density at radius 3 is 1.98 bits per heavy atom. The van der Waals surface area contributed by atoms with Gasteiger partial charge >= 0.3 is 12.4 Å². The summed E-state index contributed by atoms with van der Waals surface area (Å²) < 4.78 is 95.5. The lowest BCUT2D eigenvalue weighted by Gasteiger charge is -2.32. The Bertz CT molecular complexity index is 1560. The number of carbonyl (C=O) groups is 2. The van der Waals surface area contributed by atoms with Crippen LogP contribution in [0.5, 0.6) is 0 Å². The fourth-order valence-corrected chi connectivity index (χ4v) is 5.45. The zero-order chi connectivity index (χ0) is 32.3. The Labute approximate surface area is 244 Å². The minimum atomic E-state index is -5.08. The van der Waals surface area contributed by atoms with Gasteiger partial charge in [0.15, 0.2) is 0 Å². The largest absolute Gasteiger partial charge is 0.416 e. The molecule has 1 unspecified atom stereocenters. The van der Waals surface area contributed by atoms with Crippen molar-refractivity contribution in [3.8, 4) is 11.1 Å². The van der Waals surface area contributed by atoms with E-state index >= 15 is 0 Å². The van der Waals surface area contributed by atoms with Crippen molar-refractivity contribution < 1.29 is 40.3 Å². The van der Waals surface area contributed by atoms with Crippen molar-refractivity contribution in [2.75, 3.05) is 11.9 Å². The molecule has 2 amide bonds. The second-order valence-corrected chi connectivity index (χ2v) is 11.9. The number of amides is 2. The highest BCUT2D eigenvalue weighted by Gasteiger charge is 2.43. The van der Waals surface area contributed by atoms with Crippen molar-refractivity contribution in [3.05, 3.63) is 82.4 Å². The first-order valence-electron chi connectivity index (χ1n) is 13.3. The van der Waals surface area contributed by atoms with Crippen molar-refractivity contribution in [1.82, 2.24) is 10.3 Å². The van der Waals surface area contributed by atoms with Gasteiger partial charge in [-0.15, -0.1) is 0 Å². The van der Waals surface area contributed by atoms with Gasteiger partial charge in [-0.05, 0) is 87.7 Å². The minimum Gasteiger partial charge on any atom is -0.351 e. The maximum atomic E-state index is 14.0. The zero-order valence-corrected chi connectivity index (χ0v) is 24.3. The van der Waals surface area contributed by atoms with Crippen molar-refractivity contribution in [3.63, 3.8) is 0 Å². The number of alkyl halides is 6. The first kappa shape index (κ1) is 32.0. The van der Waals surface area contributed by atoms with Crippen LogP contribution in [0.25, 0.3) is 11.1 Å². The number of benzene rings is 2. The van der Waals surface area contributed by atoms with E-state index in [2.05, 4.69) is 10.3 Å². The van der Waals surface area contributed by atoms with Gasteiger partial charge in [-0.3, -0.25) is 14.6 Å². The number of aromatic nitrogens is 1. The number of likely N-dealkylation sites (N-methyl/N-ethyl adjacent to an activating group) is 1. The summed E-state index contributed by atoms with van der Waals surface area (Å²) in [5, 5.41) is 2.89. The Morgan fingerprint density at radius 1 is 0.930 bits per heavy atom. The third-order valence-electron chi connectivity index (χ3n) is 7.97. The molecule has 43 heavy (non-hydrogen) atoms. The smallest absolute Gasteiger partial charge is 0.351 e. The lowest BCUT2D eigenvalue weighted by atomic mass is 9.81. The molecule has 1 aliphatic heterocycles. The molecule has 0 aliphatic carbocycles.